The number of nitrogens with zero attached hydrogens (tertiary/aromatic N) is 3. The average molecular weight is 623 g/mol. The van der Waals surface area contributed by atoms with E-state index >= 15 is 0 Å². The lowest BCUT2D eigenvalue weighted by molar-refractivity contribution is -0.904. The molecule has 1 aliphatic carbocycles. The van der Waals surface area contributed by atoms with Crippen LogP contribution in [0.4, 0.5) is 0 Å². The minimum Gasteiger partial charge on any atom is -0.378 e. The number of carbonyl (C=O) groups excluding carboxylic acids is 1. The molecule has 3 aromatic rings. The van der Waals surface area contributed by atoms with Crippen LogP contribution in [0.2, 0.25) is 5.02 Å². The fourth-order valence-electron chi connectivity index (χ4n) is 5.41. The van der Waals surface area contributed by atoms with Gasteiger partial charge in [0.1, 0.15) is 5.60 Å². The number of aliphatic hydroxyl groups is 1. The van der Waals surface area contributed by atoms with E-state index in [2.05, 4.69) is 31.9 Å². The zero-order valence-electron chi connectivity index (χ0n) is 18.9. The zero-order chi connectivity index (χ0) is 24.7. The Morgan fingerprint density at radius 3 is 2.60 bits per heavy atom. The molecule has 1 saturated heterocycles. The maximum Gasteiger partial charge on any atom is 0.226 e. The lowest BCUT2D eigenvalue weighted by atomic mass is 9.72. The van der Waals surface area contributed by atoms with E-state index < -0.39 is 5.60 Å². The third kappa shape index (κ3) is 4.61. The molecular weight excluding hydrogens is 598 g/mol. The summed E-state index contributed by atoms with van der Waals surface area (Å²) in [7, 11) is 0. The molecule has 5 rings (SSSR count). The molecule has 182 valence electrons. The van der Waals surface area contributed by atoms with Gasteiger partial charge < -0.3 is 10.0 Å². The van der Waals surface area contributed by atoms with Crippen LogP contribution >= 0.6 is 43.5 Å². The molecule has 1 fully saturated rings. The zero-order valence-corrected chi connectivity index (χ0v) is 22.9. The summed E-state index contributed by atoms with van der Waals surface area (Å²) in [5.74, 6) is -0.0571. The molecule has 2 aliphatic rings. The van der Waals surface area contributed by atoms with Crippen molar-refractivity contribution in [1.82, 2.24) is 9.88 Å². The number of aromatic nitrogens is 2. The molecular formula is C26H25Br2ClN3O3+. The van der Waals surface area contributed by atoms with E-state index in [1.54, 1.807) is 18.3 Å². The topological polar surface area (TPSA) is 77.5 Å². The number of halogens is 3. The summed E-state index contributed by atoms with van der Waals surface area (Å²) in [6.45, 7) is 1.13. The van der Waals surface area contributed by atoms with Gasteiger partial charge in [0.2, 0.25) is 18.3 Å². The number of pyridine rings is 2. The van der Waals surface area contributed by atoms with Gasteiger partial charge in [-0.2, -0.15) is 0 Å². The van der Waals surface area contributed by atoms with Gasteiger partial charge >= 0.3 is 0 Å². The summed E-state index contributed by atoms with van der Waals surface area (Å²) in [6.07, 6.45) is 7.86. The van der Waals surface area contributed by atoms with E-state index in [1.807, 2.05) is 23.1 Å². The summed E-state index contributed by atoms with van der Waals surface area (Å²) in [5, 5.41) is 22.5. The molecule has 35 heavy (non-hydrogen) atoms. The molecule has 1 aliphatic heterocycles. The van der Waals surface area contributed by atoms with Crippen LogP contribution < -0.4 is 4.73 Å². The fraction of sp³-hybridized carbons (Fsp3) is 0.346. The Kier molecular flexibility index (Phi) is 6.92. The standard InChI is InChI=1S/C26H25Br2ClN3O3/c27-19-14-17-1-2-20-21(3-4-22(29)24(20)28)26(34,25(17)30-15-19)18-7-9-31(10-8-18)23(33)13-16-5-11-32(35)12-6-16/h3-6,11-12,14-15,18,34-35H,1-2,7-10,13H2/q+1. The van der Waals surface area contributed by atoms with Crippen LogP contribution in [0.15, 0.2) is 57.9 Å². The smallest absolute Gasteiger partial charge is 0.226 e. The Labute approximate surface area is 225 Å². The van der Waals surface area contributed by atoms with Crippen molar-refractivity contribution in [2.24, 2.45) is 5.92 Å². The van der Waals surface area contributed by atoms with Crippen LogP contribution in [-0.2, 0) is 29.7 Å². The van der Waals surface area contributed by atoms with E-state index in [0.717, 1.165) is 48.8 Å². The van der Waals surface area contributed by atoms with Crippen molar-refractivity contribution >= 4 is 49.4 Å². The SMILES string of the molecule is O=C(Cc1cc[n+](O)cc1)N1CCC(C2(O)c3ccc(Cl)c(Br)c3CCc3cc(Br)cnc32)CC1. The Morgan fingerprint density at radius 2 is 1.89 bits per heavy atom. The molecule has 1 unspecified atom stereocenters. The average Bonchev–Trinajstić information content (AvgIpc) is 2.98. The van der Waals surface area contributed by atoms with Crippen LogP contribution in [0.1, 0.15) is 40.8 Å². The lowest BCUT2D eigenvalue weighted by Gasteiger charge is -2.42. The van der Waals surface area contributed by atoms with E-state index in [1.165, 1.54) is 12.4 Å². The first-order chi connectivity index (χ1) is 16.8. The number of hydrogen-bond donors (Lipinski definition) is 2. The van der Waals surface area contributed by atoms with Crippen molar-refractivity contribution in [2.75, 3.05) is 13.1 Å². The minimum atomic E-state index is -1.28. The number of fused-ring (bicyclic) bond motifs is 2. The summed E-state index contributed by atoms with van der Waals surface area (Å²) in [6, 6.07) is 9.28. The van der Waals surface area contributed by atoms with Crippen LogP contribution in [0.5, 0.6) is 0 Å². The Balaban J connectivity index is 1.44. The van der Waals surface area contributed by atoms with Gasteiger partial charge in [-0.3, -0.25) is 15.0 Å². The molecule has 1 amide bonds. The maximum absolute atomic E-state index is 12.9. The van der Waals surface area contributed by atoms with Crippen LogP contribution in [0.25, 0.3) is 0 Å². The van der Waals surface area contributed by atoms with Crippen molar-refractivity contribution in [2.45, 2.75) is 37.7 Å². The molecule has 1 atom stereocenters. The molecule has 0 bridgehead atoms. The highest BCUT2D eigenvalue weighted by Gasteiger charge is 2.47. The molecule has 1 aromatic carbocycles. The van der Waals surface area contributed by atoms with Crippen molar-refractivity contribution in [3.63, 3.8) is 0 Å². The first kappa shape index (κ1) is 24.7. The van der Waals surface area contributed by atoms with E-state index in [-0.39, 0.29) is 18.2 Å². The first-order valence-electron chi connectivity index (χ1n) is 11.6. The number of likely N-dealkylation sites (tertiary alicyclic amines) is 1. The second-order valence-corrected chi connectivity index (χ2v) is 11.3. The quantitative estimate of drug-likeness (QED) is 0.331. The van der Waals surface area contributed by atoms with E-state index in [9.17, 15) is 15.1 Å². The van der Waals surface area contributed by atoms with Gasteiger partial charge in [-0.1, -0.05) is 17.7 Å². The van der Waals surface area contributed by atoms with Gasteiger partial charge in [-0.05, 0) is 91.9 Å². The molecule has 6 nitrogen and oxygen atoms in total. The van der Waals surface area contributed by atoms with Gasteiger partial charge in [-0.25, -0.2) is 0 Å². The first-order valence-corrected chi connectivity index (χ1v) is 13.6. The highest BCUT2D eigenvalue weighted by molar-refractivity contribution is 9.10. The largest absolute Gasteiger partial charge is 0.378 e. The van der Waals surface area contributed by atoms with E-state index in [0.29, 0.717) is 36.6 Å². The molecule has 3 heterocycles. The number of rotatable bonds is 3. The maximum atomic E-state index is 12.9. The third-order valence-electron chi connectivity index (χ3n) is 7.22. The predicted octanol–water partition coefficient (Wildman–Crippen LogP) is 4.60. The van der Waals surface area contributed by atoms with Gasteiger partial charge in [0.05, 0.1) is 17.1 Å². The molecule has 9 heteroatoms. The molecule has 2 aromatic heterocycles. The highest BCUT2D eigenvalue weighted by atomic mass is 79.9. The van der Waals surface area contributed by atoms with Crippen molar-refractivity contribution in [3.8, 4) is 0 Å². The number of aryl methyl sites for hydroxylation is 1. The van der Waals surface area contributed by atoms with Crippen LogP contribution in [-0.4, -0.2) is 39.2 Å². The predicted molar refractivity (Wildman–Crippen MR) is 138 cm³/mol. The Bertz CT molecular complexity index is 1280. The van der Waals surface area contributed by atoms with Crippen LogP contribution in [0, 0.1) is 5.92 Å². The normalized spacial score (nSPS) is 20.2. The second-order valence-electron chi connectivity index (χ2n) is 9.23. The van der Waals surface area contributed by atoms with Gasteiger partial charge in [0, 0.05) is 51.0 Å². The summed E-state index contributed by atoms with van der Waals surface area (Å²) in [4.78, 5) is 19.5. The van der Waals surface area contributed by atoms with Crippen molar-refractivity contribution in [3.05, 3.63) is 90.8 Å². The molecule has 0 spiro atoms. The number of hydrogen-bond acceptors (Lipinski definition) is 4. The fourth-order valence-corrected chi connectivity index (χ4v) is 6.51. The molecule has 0 saturated carbocycles. The summed E-state index contributed by atoms with van der Waals surface area (Å²) >= 11 is 13.6. The Morgan fingerprint density at radius 1 is 1.17 bits per heavy atom. The third-order valence-corrected chi connectivity index (χ3v) is 9.10. The van der Waals surface area contributed by atoms with E-state index in [4.69, 9.17) is 16.6 Å². The number of piperidine rings is 1. The van der Waals surface area contributed by atoms with Gasteiger partial charge in [0.25, 0.3) is 0 Å². The van der Waals surface area contributed by atoms with Crippen molar-refractivity contribution in [1.29, 1.82) is 0 Å². The highest BCUT2D eigenvalue weighted by Crippen LogP contribution is 2.48. The minimum absolute atomic E-state index is 0.0457. The monoisotopic (exact) mass is 620 g/mol. The Hall–Kier alpha value is -2.00. The number of amides is 1. The number of carbonyl (C=O) groups is 1. The summed E-state index contributed by atoms with van der Waals surface area (Å²) < 4.78 is 2.66. The second kappa shape index (κ2) is 9.81. The van der Waals surface area contributed by atoms with Crippen LogP contribution in [0.3, 0.4) is 0 Å². The molecule has 0 radical (unpaired) electrons. The lowest BCUT2D eigenvalue weighted by Crippen LogP contribution is -2.47. The van der Waals surface area contributed by atoms with Crippen molar-refractivity contribution < 1.29 is 19.8 Å². The number of benzene rings is 1. The van der Waals surface area contributed by atoms with Gasteiger partial charge in [-0.15, -0.1) is 0 Å². The van der Waals surface area contributed by atoms with Gasteiger partial charge in [0.15, 0.2) is 0 Å². The molecule has 2 N–H and O–H groups in total. The summed E-state index contributed by atoms with van der Waals surface area (Å²) in [5.41, 5.74) is 3.14.